The Kier molecular flexibility index (Phi) is 4.37. The van der Waals surface area contributed by atoms with Crippen LogP contribution in [0.2, 0.25) is 0 Å². The molecule has 0 saturated carbocycles. The Morgan fingerprint density at radius 1 is 1.56 bits per heavy atom. The lowest BCUT2D eigenvalue weighted by atomic mass is 10.3. The second kappa shape index (κ2) is 6.02. The molecule has 4 heteroatoms. The first-order valence-corrected chi connectivity index (χ1v) is 6.13. The molecule has 86 valence electrons. The molecule has 2 rings (SSSR count). The van der Waals surface area contributed by atoms with Crippen LogP contribution in [0.25, 0.3) is 0 Å². The van der Waals surface area contributed by atoms with Crippen molar-refractivity contribution < 1.29 is 14.6 Å². The lowest BCUT2D eigenvalue weighted by molar-refractivity contribution is -0.134. The molecule has 0 radical (unpaired) electrons. The van der Waals surface area contributed by atoms with Gasteiger partial charge in [0.2, 0.25) is 0 Å². The third kappa shape index (κ3) is 3.32. The number of aliphatic hydroxyl groups excluding tert-OH is 1. The van der Waals surface area contributed by atoms with Gasteiger partial charge >= 0.3 is 0 Å². The van der Waals surface area contributed by atoms with Gasteiger partial charge in [-0.2, -0.15) is 0 Å². The summed E-state index contributed by atoms with van der Waals surface area (Å²) in [5, 5.41) is 10.6. The van der Waals surface area contributed by atoms with Gasteiger partial charge in [-0.25, -0.2) is 0 Å². The van der Waals surface area contributed by atoms with E-state index in [-0.39, 0.29) is 12.7 Å². The van der Waals surface area contributed by atoms with E-state index in [4.69, 9.17) is 14.6 Å². The summed E-state index contributed by atoms with van der Waals surface area (Å²) in [5.41, 5.74) is 1.00. The van der Waals surface area contributed by atoms with E-state index in [1.807, 2.05) is 11.4 Å². The Bertz CT molecular complexity index is 384. The van der Waals surface area contributed by atoms with Gasteiger partial charge in [0.1, 0.15) is 6.10 Å². The quantitative estimate of drug-likeness (QED) is 0.806. The average molecular weight is 238 g/mol. The number of aliphatic hydroxyl groups is 1. The molecule has 0 aromatic carbocycles. The predicted octanol–water partition coefficient (Wildman–Crippen LogP) is 1.40. The zero-order valence-corrected chi connectivity index (χ0v) is 9.76. The average Bonchev–Trinajstić information content (AvgIpc) is 2.64. The first kappa shape index (κ1) is 11.6. The van der Waals surface area contributed by atoms with Crippen molar-refractivity contribution in [2.75, 3.05) is 19.8 Å². The van der Waals surface area contributed by atoms with Gasteiger partial charge in [-0.3, -0.25) is 0 Å². The standard InChI is InChI=1S/C12H14O3S/c13-4-2-1-3-10-5-12(16-9-10)8-15-11-6-14-7-11/h5,9,11,13H,2,4,6-8H2. The largest absolute Gasteiger partial charge is 0.395 e. The van der Waals surface area contributed by atoms with E-state index in [0.29, 0.717) is 26.2 Å². The van der Waals surface area contributed by atoms with Crippen LogP contribution in [0.5, 0.6) is 0 Å². The molecule has 0 aliphatic carbocycles. The van der Waals surface area contributed by atoms with Gasteiger partial charge in [-0.15, -0.1) is 11.3 Å². The van der Waals surface area contributed by atoms with Gasteiger partial charge in [-0.1, -0.05) is 11.8 Å². The zero-order valence-electron chi connectivity index (χ0n) is 8.94. The third-order valence-electron chi connectivity index (χ3n) is 2.19. The lowest BCUT2D eigenvalue weighted by Gasteiger charge is -2.25. The smallest absolute Gasteiger partial charge is 0.105 e. The number of hydrogen-bond acceptors (Lipinski definition) is 4. The van der Waals surface area contributed by atoms with E-state index in [0.717, 1.165) is 5.56 Å². The predicted molar refractivity (Wildman–Crippen MR) is 62.3 cm³/mol. The van der Waals surface area contributed by atoms with Crippen LogP contribution in [0, 0.1) is 11.8 Å². The van der Waals surface area contributed by atoms with Crippen molar-refractivity contribution in [2.24, 2.45) is 0 Å². The lowest BCUT2D eigenvalue weighted by Crippen LogP contribution is -2.35. The topological polar surface area (TPSA) is 38.7 Å². The van der Waals surface area contributed by atoms with Crippen molar-refractivity contribution in [3.63, 3.8) is 0 Å². The molecule has 1 saturated heterocycles. The summed E-state index contributed by atoms with van der Waals surface area (Å²) in [4.78, 5) is 1.18. The van der Waals surface area contributed by atoms with Crippen LogP contribution in [0.4, 0.5) is 0 Å². The molecule has 0 spiro atoms. The molecule has 0 amide bonds. The Balaban J connectivity index is 1.80. The molecule has 2 heterocycles. The van der Waals surface area contributed by atoms with Crippen LogP contribution in [-0.2, 0) is 16.1 Å². The second-order valence-corrected chi connectivity index (χ2v) is 4.54. The highest BCUT2D eigenvalue weighted by atomic mass is 32.1. The summed E-state index contributed by atoms with van der Waals surface area (Å²) in [6, 6.07) is 2.04. The van der Waals surface area contributed by atoms with Gasteiger partial charge < -0.3 is 14.6 Å². The van der Waals surface area contributed by atoms with Crippen molar-refractivity contribution in [3.8, 4) is 11.8 Å². The minimum Gasteiger partial charge on any atom is -0.395 e. The fourth-order valence-corrected chi connectivity index (χ4v) is 1.99. The van der Waals surface area contributed by atoms with Crippen molar-refractivity contribution in [2.45, 2.75) is 19.1 Å². The van der Waals surface area contributed by atoms with Gasteiger partial charge in [0, 0.05) is 22.2 Å². The van der Waals surface area contributed by atoms with Crippen LogP contribution in [0.1, 0.15) is 16.9 Å². The zero-order chi connectivity index (χ0) is 11.2. The highest BCUT2D eigenvalue weighted by Gasteiger charge is 2.18. The fourth-order valence-electron chi connectivity index (χ4n) is 1.25. The SMILES string of the molecule is OCCC#Cc1csc(COC2COC2)c1. The molecule has 1 aromatic rings. The molecule has 1 fully saturated rings. The molecule has 1 aliphatic heterocycles. The monoisotopic (exact) mass is 238 g/mol. The minimum atomic E-state index is 0.120. The number of thiophene rings is 1. The molecular weight excluding hydrogens is 224 g/mol. The maximum Gasteiger partial charge on any atom is 0.105 e. The molecule has 1 aliphatic rings. The van der Waals surface area contributed by atoms with Gasteiger partial charge in [0.15, 0.2) is 0 Å². The maximum absolute atomic E-state index is 8.60. The molecule has 1 N–H and O–H groups in total. The summed E-state index contributed by atoms with van der Waals surface area (Å²) in [5.74, 6) is 5.90. The molecule has 1 aromatic heterocycles. The van der Waals surface area contributed by atoms with Crippen LogP contribution in [-0.4, -0.2) is 31.0 Å². The summed E-state index contributed by atoms with van der Waals surface area (Å²) >= 11 is 1.65. The summed E-state index contributed by atoms with van der Waals surface area (Å²) < 4.78 is 10.6. The first-order valence-electron chi connectivity index (χ1n) is 5.25. The van der Waals surface area contributed by atoms with E-state index >= 15 is 0 Å². The number of rotatable bonds is 4. The van der Waals surface area contributed by atoms with E-state index in [1.165, 1.54) is 4.88 Å². The highest BCUT2D eigenvalue weighted by molar-refractivity contribution is 7.10. The minimum absolute atomic E-state index is 0.120. The number of ether oxygens (including phenoxy) is 2. The van der Waals surface area contributed by atoms with Crippen LogP contribution in [0.3, 0.4) is 0 Å². The van der Waals surface area contributed by atoms with Gasteiger partial charge in [0.05, 0.1) is 26.4 Å². The summed E-state index contributed by atoms with van der Waals surface area (Å²) in [7, 11) is 0. The second-order valence-electron chi connectivity index (χ2n) is 3.55. The highest BCUT2D eigenvalue weighted by Crippen LogP contribution is 2.17. The van der Waals surface area contributed by atoms with Crippen LogP contribution >= 0.6 is 11.3 Å². The van der Waals surface area contributed by atoms with Crippen molar-refractivity contribution >= 4 is 11.3 Å². The van der Waals surface area contributed by atoms with E-state index in [9.17, 15) is 0 Å². The Morgan fingerprint density at radius 3 is 3.12 bits per heavy atom. The van der Waals surface area contributed by atoms with Crippen LogP contribution in [0.15, 0.2) is 11.4 Å². The van der Waals surface area contributed by atoms with E-state index in [2.05, 4.69) is 11.8 Å². The Hall–Kier alpha value is -0.860. The maximum atomic E-state index is 8.60. The Morgan fingerprint density at radius 2 is 2.44 bits per heavy atom. The van der Waals surface area contributed by atoms with Crippen molar-refractivity contribution in [3.05, 3.63) is 21.9 Å². The third-order valence-corrected chi connectivity index (χ3v) is 3.10. The Labute approximate surface area is 99.0 Å². The molecule has 0 bridgehead atoms. The number of hydrogen-bond donors (Lipinski definition) is 1. The fraction of sp³-hybridized carbons (Fsp3) is 0.500. The van der Waals surface area contributed by atoms with Gasteiger partial charge in [-0.05, 0) is 6.07 Å². The molecule has 0 unspecified atom stereocenters. The summed E-state index contributed by atoms with van der Waals surface area (Å²) in [6.45, 7) is 2.19. The van der Waals surface area contributed by atoms with E-state index < -0.39 is 0 Å². The molecule has 0 atom stereocenters. The van der Waals surface area contributed by atoms with Crippen LogP contribution < -0.4 is 0 Å². The van der Waals surface area contributed by atoms with E-state index in [1.54, 1.807) is 11.3 Å². The molecule has 3 nitrogen and oxygen atoms in total. The molecule has 16 heavy (non-hydrogen) atoms. The first-order chi connectivity index (χ1) is 7.88. The molecular formula is C12H14O3S. The normalized spacial score (nSPS) is 15.3. The van der Waals surface area contributed by atoms with Crippen molar-refractivity contribution in [1.29, 1.82) is 0 Å². The van der Waals surface area contributed by atoms with Gasteiger partial charge in [0.25, 0.3) is 0 Å². The summed E-state index contributed by atoms with van der Waals surface area (Å²) in [6.07, 6.45) is 0.798. The van der Waals surface area contributed by atoms with Crippen molar-refractivity contribution in [1.82, 2.24) is 0 Å².